The molecular formula is C19H14ClN7O4S. The summed E-state index contributed by atoms with van der Waals surface area (Å²) in [5.74, 6) is -2.17. The topological polar surface area (TPSA) is 155 Å². The lowest BCUT2D eigenvalue weighted by Gasteiger charge is -2.09. The van der Waals surface area contributed by atoms with Crippen LogP contribution in [0.2, 0.25) is 5.02 Å². The first kappa shape index (κ1) is 20.2. The van der Waals surface area contributed by atoms with E-state index in [0.29, 0.717) is 27.9 Å². The van der Waals surface area contributed by atoms with E-state index in [1.54, 1.807) is 23.2 Å². The Morgan fingerprint density at radius 1 is 1.25 bits per heavy atom. The van der Waals surface area contributed by atoms with Crippen LogP contribution in [-0.4, -0.2) is 47.6 Å². The minimum absolute atomic E-state index is 0.0268. The molecule has 3 heterocycles. The van der Waals surface area contributed by atoms with Crippen LogP contribution in [-0.2, 0) is 14.4 Å². The van der Waals surface area contributed by atoms with Crippen molar-refractivity contribution >= 4 is 61.9 Å². The van der Waals surface area contributed by atoms with Crippen LogP contribution < -0.4 is 10.6 Å². The lowest BCUT2D eigenvalue weighted by molar-refractivity contribution is -0.147. The Hall–Kier alpha value is -3.77. The molecule has 11 nitrogen and oxygen atoms in total. The maximum Gasteiger partial charge on any atom is 0.394 e. The maximum absolute atomic E-state index is 12.0. The smallest absolute Gasteiger partial charge is 0.394 e. The molecule has 162 valence electrons. The number of aromatic nitrogens is 5. The van der Waals surface area contributed by atoms with Gasteiger partial charge in [-0.05, 0) is 31.0 Å². The number of benzene rings is 1. The van der Waals surface area contributed by atoms with Crippen molar-refractivity contribution in [3.05, 3.63) is 35.7 Å². The third-order valence-corrected chi connectivity index (χ3v) is 6.12. The number of halogens is 1. The second-order valence-corrected chi connectivity index (χ2v) is 8.52. The monoisotopic (exact) mass is 471 g/mol. The minimum atomic E-state index is -1.59. The number of aromatic amines is 1. The Kier molecular flexibility index (Phi) is 4.87. The number of H-pyrrole nitrogens is 1. The molecule has 1 aromatic carbocycles. The average molecular weight is 472 g/mol. The molecule has 0 bridgehead atoms. The predicted octanol–water partition coefficient (Wildman–Crippen LogP) is 2.90. The molecule has 1 fully saturated rings. The van der Waals surface area contributed by atoms with Gasteiger partial charge in [-0.2, -0.15) is 5.10 Å². The number of carboxylic acid groups (broad SMARTS) is 1. The number of nitrogens with one attached hydrogen (secondary N) is 3. The highest BCUT2D eigenvalue weighted by molar-refractivity contribution is 7.22. The quantitative estimate of drug-likeness (QED) is 0.326. The Labute approximate surface area is 188 Å². The summed E-state index contributed by atoms with van der Waals surface area (Å²) in [7, 11) is 0. The van der Waals surface area contributed by atoms with Gasteiger partial charge in [0.2, 0.25) is 5.91 Å². The molecule has 0 atom stereocenters. The van der Waals surface area contributed by atoms with Gasteiger partial charge in [0.25, 0.3) is 0 Å². The molecule has 4 aromatic rings. The summed E-state index contributed by atoms with van der Waals surface area (Å²) in [5.41, 5.74) is 2.00. The largest absolute Gasteiger partial charge is 0.474 e. The number of fused-ring (bicyclic) bond motifs is 1. The van der Waals surface area contributed by atoms with E-state index in [0.717, 1.165) is 17.5 Å². The Balaban J connectivity index is 1.46. The van der Waals surface area contributed by atoms with Crippen LogP contribution in [0, 0.1) is 5.92 Å². The molecule has 0 radical (unpaired) electrons. The van der Waals surface area contributed by atoms with E-state index >= 15 is 0 Å². The van der Waals surface area contributed by atoms with Crippen molar-refractivity contribution in [2.24, 2.45) is 5.92 Å². The number of nitrogens with zero attached hydrogens (tertiary/aromatic N) is 4. The molecule has 2 amide bonds. The number of rotatable bonds is 5. The van der Waals surface area contributed by atoms with E-state index in [4.69, 9.17) is 16.7 Å². The summed E-state index contributed by atoms with van der Waals surface area (Å²) >= 11 is 7.71. The van der Waals surface area contributed by atoms with Gasteiger partial charge in [-0.3, -0.25) is 19.3 Å². The maximum atomic E-state index is 12.0. The first-order chi connectivity index (χ1) is 15.4. The highest BCUT2D eigenvalue weighted by atomic mass is 35.5. The molecule has 32 heavy (non-hydrogen) atoms. The van der Waals surface area contributed by atoms with Gasteiger partial charge < -0.3 is 15.7 Å². The summed E-state index contributed by atoms with van der Waals surface area (Å²) in [4.78, 5) is 42.7. The fraction of sp³-hybridized carbons (Fsp3) is 0.158. The number of hydrogen-bond donors (Lipinski definition) is 4. The molecule has 1 saturated carbocycles. The van der Waals surface area contributed by atoms with Gasteiger partial charge in [-0.1, -0.05) is 22.9 Å². The molecule has 0 spiro atoms. The Morgan fingerprint density at radius 2 is 2.06 bits per heavy atom. The van der Waals surface area contributed by atoms with Crippen molar-refractivity contribution in [2.75, 3.05) is 10.6 Å². The number of carboxylic acids is 1. The normalized spacial score (nSPS) is 13.3. The van der Waals surface area contributed by atoms with Crippen LogP contribution in [0.3, 0.4) is 0 Å². The van der Waals surface area contributed by atoms with E-state index in [1.165, 1.54) is 23.5 Å². The van der Waals surface area contributed by atoms with Crippen molar-refractivity contribution < 1.29 is 19.5 Å². The minimum Gasteiger partial charge on any atom is -0.474 e. The first-order valence-electron chi connectivity index (χ1n) is 9.43. The van der Waals surface area contributed by atoms with Gasteiger partial charge in [0.05, 0.1) is 16.9 Å². The van der Waals surface area contributed by atoms with Gasteiger partial charge in [0.1, 0.15) is 11.0 Å². The van der Waals surface area contributed by atoms with Crippen LogP contribution in [0.4, 0.5) is 10.8 Å². The number of carbonyl (C=O) groups is 3. The van der Waals surface area contributed by atoms with E-state index in [1.807, 2.05) is 0 Å². The van der Waals surface area contributed by atoms with Crippen LogP contribution in [0.15, 0.2) is 30.7 Å². The van der Waals surface area contributed by atoms with Crippen LogP contribution in [0.5, 0.6) is 0 Å². The molecule has 1 aliphatic carbocycles. The van der Waals surface area contributed by atoms with E-state index in [9.17, 15) is 14.4 Å². The zero-order chi connectivity index (χ0) is 22.4. The number of thiazole rings is 1. The van der Waals surface area contributed by atoms with Crippen molar-refractivity contribution in [3.63, 3.8) is 0 Å². The zero-order valence-electron chi connectivity index (χ0n) is 16.1. The number of amides is 2. The molecule has 0 aliphatic heterocycles. The highest BCUT2D eigenvalue weighted by Crippen LogP contribution is 2.36. The van der Waals surface area contributed by atoms with Gasteiger partial charge >= 0.3 is 11.9 Å². The summed E-state index contributed by atoms with van der Waals surface area (Å²) in [6, 6.07) is 4.64. The number of anilines is 2. The lowest BCUT2D eigenvalue weighted by atomic mass is 10.1. The number of aliphatic carboxylic acids is 1. The predicted molar refractivity (Wildman–Crippen MR) is 117 cm³/mol. The standard InChI is InChI=1S/C19H14ClN7O4S/c20-11-5-9(22-17(29)18(30)31)3-4-10(11)12-6-21-7-27(12)15-13-14(25-26-15)23-19(32-13)24-16(28)8-1-2-8/h3-8H,1-2H2,(H,22,29)(H,30,31)(H2,23,24,25,26,28). The average Bonchev–Trinajstić information content (AvgIpc) is 3.19. The number of hydrogen-bond acceptors (Lipinski definition) is 7. The van der Waals surface area contributed by atoms with Crippen molar-refractivity contribution in [2.45, 2.75) is 12.8 Å². The van der Waals surface area contributed by atoms with E-state index in [-0.39, 0.29) is 22.5 Å². The van der Waals surface area contributed by atoms with Crippen molar-refractivity contribution in [1.82, 2.24) is 24.7 Å². The van der Waals surface area contributed by atoms with Gasteiger partial charge in [-0.25, -0.2) is 14.8 Å². The summed E-state index contributed by atoms with van der Waals surface area (Å²) in [6.45, 7) is 0. The van der Waals surface area contributed by atoms with Crippen molar-refractivity contribution in [1.29, 1.82) is 0 Å². The summed E-state index contributed by atoms with van der Waals surface area (Å²) in [6.07, 6.45) is 4.98. The molecule has 0 saturated heterocycles. The fourth-order valence-electron chi connectivity index (χ4n) is 3.12. The molecule has 13 heteroatoms. The zero-order valence-corrected chi connectivity index (χ0v) is 17.7. The molecule has 4 N–H and O–H groups in total. The van der Waals surface area contributed by atoms with Gasteiger partial charge in [0, 0.05) is 17.2 Å². The Bertz CT molecular complexity index is 1390. The molecule has 1 aliphatic rings. The number of carbonyl (C=O) groups excluding carboxylic acids is 2. The number of imidazole rings is 1. The second-order valence-electron chi connectivity index (χ2n) is 7.11. The van der Waals surface area contributed by atoms with E-state index < -0.39 is 11.9 Å². The van der Waals surface area contributed by atoms with Gasteiger partial charge in [-0.15, -0.1) is 0 Å². The van der Waals surface area contributed by atoms with Crippen molar-refractivity contribution in [3.8, 4) is 17.1 Å². The third kappa shape index (κ3) is 3.69. The SMILES string of the molecule is O=C(O)C(=O)Nc1ccc(-c2cncn2-c2n[nH]c3nc(NC(=O)C4CC4)sc23)c(Cl)c1. The van der Waals surface area contributed by atoms with Crippen LogP contribution in [0.25, 0.3) is 27.4 Å². The molecule has 0 unspecified atom stereocenters. The highest BCUT2D eigenvalue weighted by Gasteiger charge is 2.30. The Morgan fingerprint density at radius 3 is 2.78 bits per heavy atom. The van der Waals surface area contributed by atoms with Crippen LogP contribution in [0.1, 0.15) is 12.8 Å². The molecule has 5 rings (SSSR count). The summed E-state index contributed by atoms with van der Waals surface area (Å²) < 4.78 is 2.46. The van der Waals surface area contributed by atoms with Crippen LogP contribution >= 0.6 is 22.9 Å². The van der Waals surface area contributed by atoms with E-state index in [2.05, 4.69) is 30.8 Å². The molecule has 3 aromatic heterocycles. The van der Waals surface area contributed by atoms with Gasteiger partial charge in [0.15, 0.2) is 16.6 Å². The second kappa shape index (κ2) is 7.73. The third-order valence-electron chi connectivity index (χ3n) is 4.84. The first-order valence-corrected chi connectivity index (χ1v) is 10.6. The lowest BCUT2D eigenvalue weighted by Crippen LogP contribution is -2.21. The fourth-order valence-corrected chi connectivity index (χ4v) is 4.30. The molecular weight excluding hydrogens is 458 g/mol. The summed E-state index contributed by atoms with van der Waals surface area (Å²) in [5, 5.41) is 21.8.